The van der Waals surface area contributed by atoms with Gasteiger partial charge in [-0.3, -0.25) is 14.9 Å². The van der Waals surface area contributed by atoms with Gasteiger partial charge in [0.05, 0.1) is 4.92 Å². The van der Waals surface area contributed by atoms with E-state index in [9.17, 15) is 19.3 Å². The standard InChI is InChI=1S/C8H6FNO4/c9-6-1-2-7(10(12)13)8(5-6)14-4-3-11/h1-3,5H,4H2. The summed E-state index contributed by atoms with van der Waals surface area (Å²) in [7, 11) is 0. The lowest BCUT2D eigenvalue weighted by molar-refractivity contribution is -0.385. The number of halogens is 1. The first kappa shape index (κ1) is 10.1. The second kappa shape index (κ2) is 4.31. The third-order valence-electron chi connectivity index (χ3n) is 1.43. The highest BCUT2D eigenvalue weighted by Gasteiger charge is 2.15. The number of nitro groups is 1. The Bertz CT molecular complexity index is 366. The van der Waals surface area contributed by atoms with Crippen molar-refractivity contribution in [3.63, 3.8) is 0 Å². The summed E-state index contributed by atoms with van der Waals surface area (Å²) in [4.78, 5) is 19.7. The normalized spacial score (nSPS) is 9.50. The second-order valence-corrected chi connectivity index (χ2v) is 2.35. The van der Waals surface area contributed by atoms with Crippen molar-refractivity contribution in [1.29, 1.82) is 0 Å². The summed E-state index contributed by atoms with van der Waals surface area (Å²) >= 11 is 0. The Kier molecular flexibility index (Phi) is 3.11. The molecule has 0 N–H and O–H groups in total. The Balaban J connectivity index is 3.02. The molecule has 0 spiro atoms. The van der Waals surface area contributed by atoms with Gasteiger partial charge in [-0.05, 0) is 6.07 Å². The molecule has 1 aromatic rings. The highest BCUT2D eigenvalue weighted by Crippen LogP contribution is 2.26. The van der Waals surface area contributed by atoms with Crippen LogP contribution in [0, 0.1) is 15.9 Å². The van der Waals surface area contributed by atoms with E-state index in [0.29, 0.717) is 6.29 Å². The van der Waals surface area contributed by atoms with Gasteiger partial charge in [0.25, 0.3) is 0 Å². The van der Waals surface area contributed by atoms with Crippen molar-refractivity contribution in [2.45, 2.75) is 0 Å². The number of aldehydes is 1. The topological polar surface area (TPSA) is 69.4 Å². The van der Waals surface area contributed by atoms with E-state index in [1.165, 1.54) is 0 Å². The highest BCUT2D eigenvalue weighted by atomic mass is 19.1. The fourth-order valence-corrected chi connectivity index (χ4v) is 0.878. The van der Waals surface area contributed by atoms with Crippen LogP contribution in [-0.2, 0) is 4.79 Å². The Morgan fingerprint density at radius 3 is 2.86 bits per heavy atom. The maximum Gasteiger partial charge on any atom is 0.311 e. The van der Waals surface area contributed by atoms with Crippen molar-refractivity contribution >= 4 is 12.0 Å². The van der Waals surface area contributed by atoms with Gasteiger partial charge in [-0.1, -0.05) is 0 Å². The zero-order valence-corrected chi connectivity index (χ0v) is 6.97. The summed E-state index contributed by atoms with van der Waals surface area (Å²) in [6.07, 6.45) is 0.425. The van der Waals surface area contributed by atoms with Crippen LogP contribution < -0.4 is 4.74 Å². The number of nitro benzene ring substituents is 1. The van der Waals surface area contributed by atoms with E-state index in [-0.39, 0.29) is 18.0 Å². The zero-order valence-electron chi connectivity index (χ0n) is 6.97. The third-order valence-corrected chi connectivity index (χ3v) is 1.43. The average Bonchev–Trinajstić information content (AvgIpc) is 2.14. The molecule has 5 nitrogen and oxygen atoms in total. The number of nitrogens with zero attached hydrogens (tertiary/aromatic N) is 1. The average molecular weight is 199 g/mol. The molecule has 6 heteroatoms. The van der Waals surface area contributed by atoms with Crippen LogP contribution in [0.25, 0.3) is 0 Å². The third kappa shape index (κ3) is 2.25. The Labute approximate surface area is 78.3 Å². The molecule has 0 aromatic heterocycles. The van der Waals surface area contributed by atoms with Gasteiger partial charge in [0.1, 0.15) is 12.4 Å². The van der Waals surface area contributed by atoms with Crippen molar-refractivity contribution < 1.29 is 18.8 Å². The molecule has 0 atom stereocenters. The maximum absolute atomic E-state index is 12.6. The first-order chi connectivity index (χ1) is 6.65. The molecule has 0 radical (unpaired) electrons. The maximum atomic E-state index is 12.6. The SMILES string of the molecule is O=CCOc1cc(F)ccc1[N+](=O)[O-]. The summed E-state index contributed by atoms with van der Waals surface area (Å²) in [5, 5.41) is 10.4. The fourth-order valence-electron chi connectivity index (χ4n) is 0.878. The van der Waals surface area contributed by atoms with Crippen LogP contribution in [0.2, 0.25) is 0 Å². The number of benzene rings is 1. The summed E-state index contributed by atoms with van der Waals surface area (Å²) in [5.74, 6) is -0.904. The summed E-state index contributed by atoms with van der Waals surface area (Å²) in [6.45, 7) is -0.343. The number of carbonyl (C=O) groups is 1. The number of ether oxygens (including phenoxy) is 1. The molecule has 0 saturated heterocycles. The van der Waals surface area contributed by atoms with Crippen molar-refractivity contribution in [3.8, 4) is 5.75 Å². The Hall–Kier alpha value is -1.98. The molecule has 0 aliphatic rings. The van der Waals surface area contributed by atoms with E-state index in [0.717, 1.165) is 18.2 Å². The predicted octanol–water partition coefficient (Wildman–Crippen LogP) is 1.31. The van der Waals surface area contributed by atoms with Crippen LogP contribution in [-0.4, -0.2) is 17.8 Å². The lowest BCUT2D eigenvalue weighted by atomic mass is 10.3. The molecular formula is C8H6FNO4. The van der Waals surface area contributed by atoms with Crippen LogP contribution in [0.5, 0.6) is 5.75 Å². The van der Waals surface area contributed by atoms with Gasteiger partial charge in [-0.15, -0.1) is 0 Å². The van der Waals surface area contributed by atoms with Gasteiger partial charge in [-0.25, -0.2) is 4.39 Å². The molecular weight excluding hydrogens is 193 g/mol. The van der Waals surface area contributed by atoms with Crippen LogP contribution >= 0.6 is 0 Å². The van der Waals surface area contributed by atoms with Gasteiger partial charge in [0, 0.05) is 12.1 Å². The molecule has 0 amide bonds. The summed E-state index contributed by atoms with van der Waals surface area (Å²) in [6, 6.07) is 2.79. The van der Waals surface area contributed by atoms with Gasteiger partial charge in [0.2, 0.25) is 0 Å². The molecule has 0 aliphatic heterocycles. The van der Waals surface area contributed by atoms with E-state index in [2.05, 4.69) is 4.74 Å². The number of hydrogen-bond acceptors (Lipinski definition) is 4. The van der Waals surface area contributed by atoms with Crippen molar-refractivity contribution in [1.82, 2.24) is 0 Å². The molecule has 74 valence electrons. The number of hydrogen-bond donors (Lipinski definition) is 0. The molecule has 0 heterocycles. The first-order valence-electron chi connectivity index (χ1n) is 3.65. The van der Waals surface area contributed by atoms with Gasteiger partial charge in [-0.2, -0.15) is 0 Å². The van der Waals surface area contributed by atoms with E-state index in [1.807, 2.05) is 0 Å². The predicted molar refractivity (Wildman–Crippen MR) is 44.6 cm³/mol. The van der Waals surface area contributed by atoms with Crippen molar-refractivity contribution in [2.24, 2.45) is 0 Å². The Morgan fingerprint density at radius 1 is 1.57 bits per heavy atom. The molecule has 1 rings (SSSR count). The van der Waals surface area contributed by atoms with Crippen molar-refractivity contribution in [2.75, 3.05) is 6.61 Å². The molecule has 14 heavy (non-hydrogen) atoms. The lowest BCUT2D eigenvalue weighted by Gasteiger charge is -2.02. The second-order valence-electron chi connectivity index (χ2n) is 2.35. The molecule has 0 bridgehead atoms. The van der Waals surface area contributed by atoms with E-state index < -0.39 is 10.7 Å². The minimum absolute atomic E-state index is 0.248. The molecule has 0 saturated carbocycles. The van der Waals surface area contributed by atoms with Crippen LogP contribution in [0.1, 0.15) is 0 Å². The summed E-state index contributed by atoms with van der Waals surface area (Å²) < 4.78 is 17.3. The van der Waals surface area contributed by atoms with Crippen LogP contribution in [0.3, 0.4) is 0 Å². The van der Waals surface area contributed by atoms with Gasteiger partial charge in [0.15, 0.2) is 12.0 Å². The molecule has 1 aromatic carbocycles. The molecule has 0 fully saturated rings. The zero-order chi connectivity index (χ0) is 10.6. The smallest absolute Gasteiger partial charge is 0.311 e. The van der Waals surface area contributed by atoms with E-state index in [4.69, 9.17) is 0 Å². The van der Waals surface area contributed by atoms with Crippen LogP contribution in [0.15, 0.2) is 18.2 Å². The minimum Gasteiger partial charge on any atom is -0.479 e. The molecule has 0 unspecified atom stereocenters. The number of carbonyl (C=O) groups excluding carboxylic acids is 1. The largest absolute Gasteiger partial charge is 0.479 e. The van der Waals surface area contributed by atoms with E-state index in [1.54, 1.807) is 0 Å². The quantitative estimate of drug-likeness (QED) is 0.416. The highest BCUT2D eigenvalue weighted by molar-refractivity contribution is 5.53. The summed E-state index contributed by atoms with van der Waals surface area (Å²) in [5.41, 5.74) is -0.367. The first-order valence-corrected chi connectivity index (χ1v) is 3.65. The monoisotopic (exact) mass is 199 g/mol. The lowest BCUT2D eigenvalue weighted by Crippen LogP contribution is -2.01. The van der Waals surface area contributed by atoms with Crippen LogP contribution in [0.4, 0.5) is 10.1 Å². The molecule has 0 aliphatic carbocycles. The minimum atomic E-state index is -0.709. The van der Waals surface area contributed by atoms with Crippen molar-refractivity contribution in [3.05, 3.63) is 34.1 Å². The van der Waals surface area contributed by atoms with Gasteiger partial charge < -0.3 is 4.74 Å². The fraction of sp³-hybridized carbons (Fsp3) is 0.125. The van der Waals surface area contributed by atoms with E-state index >= 15 is 0 Å². The Morgan fingerprint density at radius 2 is 2.29 bits per heavy atom. The number of rotatable bonds is 4. The van der Waals surface area contributed by atoms with Gasteiger partial charge >= 0.3 is 5.69 Å².